The number of benzene rings is 1. The molecule has 1 saturated heterocycles. The highest BCUT2D eigenvalue weighted by Crippen LogP contribution is 2.37. The Hall–Kier alpha value is -3.15. The molecule has 0 spiro atoms. The lowest BCUT2D eigenvalue weighted by atomic mass is 9.85. The normalized spacial score (nSPS) is 21.5. The van der Waals surface area contributed by atoms with Gasteiger partial charge in [0.2, 0.25) is 11.8 Å². The van der Waals surface area contributed by atoms with E-state index < -0.39 is 0 Å². The highest BCUT2D eigenvalue weighted by Gasteiger charge is 2.47. The molecule has 1 fully saturated rings. The molecule has 6 heteroatoms. The van der Waals surface area contributed by atoms with E-state index in [9.17, 15) is 14.4 Å². The minimum Gasteiger partial charge on any atom is -0.274 e. The third-order valence-electron chi connectivity index (χ3n) is 5.38. The molecule has 138 valence electrons. The maximum Gasteiger partial charge on any atom is 0.270 e. The molecule has 27 heavy (non-hydrogen) atoms. The van der Waals surface area contributed by atoms with Crippen LogP contribution in [0.4, 0.5) is 5.69 Å². The second kappa shape index (κ2) is 6.54. The lowest BCUT2D eigenvalue weighted by Gasteiger charge is -2.16. The first-order valence-corrected chi connectivity index (χ1v) is 9.06. The number of nitrogens with zero attached hydrogens (tertiary/aromatic N) is 2. The Morgan fingerprint density at radius 1 is 0.889 bits per heavy atom. The SMILES string of the molecule is Cc1ccc(C)n1NC(=O)c1ccc(N2C(=O)[C@H]3CC=CC[C@H]3C2=O)cc1. The quantitative estimate of drug-likeness (QED) is 0.673. The maximum absolute atomic E-state index is 12.6. The average molecular weight is 363 g/mol. The summed E-state index contributed by atoms with van der Waals surface area (Å²) in [4.78, 5) is 39.1. The molecule has 0 unspecified atom stereocenters. The molecule has 0 radical (unpaired) electrons. The molecule has 1 N–H and O–H groups in total. The van der Waals surface area contributed by atoms with Crippen molar-refractivity contribution in [3.05, 3.63) is 65.5 Å². The third kappa shape index (κ3) is 2.87. The van der Waals surface area contributed by atoms with Gasteiger partial charge in [0.1, 0.15) is 0 Å². The Morgan fingerprint density at radius 3 is 1.93 bits per heavy atom. The fourth-order valence-electron chi connectivity index (χ4n) is 3.83. The lowest BCUT2D eigenvalue weighted by Crippen LogP contribution is -2.31. The lowest BCUT2D eigenvalue weighted by molar-refractivity contribution is -0.122. The third-order valence-corrected chi connectivity index (χ3v) is 5.38. The number of hydrogen-bond donors (Lipinski definition) is 1. The largest absolute Gasteiger partial charge is 0.274 e. The van der Waals surface area contributed by atoms with Crippen LogP contribution in [0.5, 0.6) is 0 Å². The number of aromatic nitrogens is 1. The van der Waals surface area contributed by atoms with Gasteiger partial charge in [-0.25, -0.2) is 0 Å². The number of amides is 3. The summed E-state index contributed by atoms with van der Waals surface area (Å²) in [5.74, 6) is -1.06. The van der Waals surface area contributed by atoms with Crippen LogP contribution in [-0.4, -0.2) is 22.4 Å². The molecular weight excluding hydrogens is 342 g/mol. The number of carbonyl (C=O) groups is 3. The summed E-state index contributed by atoms with van der Waals surface area (Å²) in [5, 5.41) is 0. The Kier molecular flexibility index (Phi) is 4.18. The Bertz CT molecular complexity index is 910. The standard InChI is InChI=1S/C21H21N3O3/c1-13-7-8-14(2)24(13)22-19(25)15-9-11-16(12-10-15)23-20(26)17-5-3-4-6-18(17)21(23)27/h3-4,7-12,17-18H,5-6H2,1-2H3,(H,22,25)/t17-,18+. The zero-order valence-corrected chi connectivity index (χ0v) is 15.3. The zero-order valence-electron chi connectivity index (χ0n) is 15.3. The molecule has 0 bridgehead atoms. The van der Waals surface area contributed by atoms with Gasteiger partial charge in [0.05, 0.1) is 17.5 Å². The molecule has 2 aliphatic rings. The smallest absolute Gasteiger partial charge is 0.270 e. The molecule has 2 aromatic rings. The molecule has 4 rings (SSSR count). The molecule has 1 aromatic carbocycles. The fraction of sp³-hybridized carbons (Fsp3) is 0.286. The summed E-state index contributed by atoms with van der Waals surface area (Å²) in [6.45, 7) is 3.82. The molecule has 1 aliphatic carbocycles. The van der Waals surface area contributed by atoms with Crippen LogP contribution >= 0.6 is 0 Å². The highest BCUT2D eigenvalue weighted by molar-refractivity contribution is 6.22. The molecule has 1 aromatic heterocycles. The van der Waals surface area contributed by atoms with E-state index in [2.05, 4.69) is 5.43 Å². The van der Waals surface area contributed by atoms with Crippen LogP contribution in [0.25, 0.3) is 0 Å². The second-order valence-corrected chi connectivity index (χ2v) is 7.11. The summed E-state index contributed by atoms with van der Waals surface area (Å²) >= 11 is 0. The van der Waals surface area contributed by atoms with Crippen molar-refractivity contribution in [3.63, 3.8) is 0 Å². The monoisotopic (exact) mass is 363 g/mol. The van der Waals surface area contributed by atoms with E-state index in [1.165, 1.54) is 4.90 Å². The summed E-state index contributed by atoms with van der Waals surface area (Å²) in [7, 11) is 0. The van der Waals surface area contributed by atoms with Crippen molar-refractivity contribution in [1.29, 1.82) is 0 Å². The number of hydrogen-bond acceptors (Lipinski definition) is 3. The van der Waals surface area contributed by atoms with E-state index in [-0.39, 0.29) is 29.6 Å². The zero-order chi connectivity index (χ0) is 19.1. The molecule has 6 nitrogen and oxygen atoms in total. The molecule has 2 atom stereocenters. The van der Waals surface area contributed by atoms with Crippen LogP contribution in [0.15, 0.2) is 48.6 Å². The number of imide groups is 1. The van der Waals surface area contributed by atoms with Crippen LogP contribution in [0, 0.1) is 25.7 Å². The van der Waals surface area contributed by atoms with Gasteiger partial charge >= 0.3 is 0 Å². The molecular formula is C21H21N3O3. The van der Waals surface area contributed by atoms with Crippen LogP contribution < -0.4 is 10.3 Å². The molecule has 3 amide bonds. The van der Waals surface area contributed by atoms with Gasteiger partial charge in [0.25, 0.3) is 5.91 Å². The minimum absolute atomic E-state index is 0.148. The second-order valence-electron chi connectivity index (χ2n) is 7.11. The minimum atomic E-state index is -0.259. The predicted octanol–water partition coefficient (Wildman–Crippen LogP) is 2.94. The summed E-state index contributed by atoms with van der Waals surface area (Å²) in [6.07, 6.45) is 5.16. The van der Waals surface area contributed by atoms with Gasteiger partial charge in [-0.2, -0.15) is 0 Å². The van der Waals surface area contributed by atoms with E-state index in [0.29, 0.717) is 24.1 Å². The Labute approximate surface area is 157 Å². The molecule has 0 saturated carbocycles. The number of fused-ring (bicyclic) bond motifs is 1. The van der Waals surface area contributed by atoms with E-state index in [4.69, 9.17) is 0 Å². The van der Waals surface area contributed by atoms with Crippen molar-refractivity contribution in [3.8, 4) is 0 Å². The Balaban J connectivity index is 1.53. The topological polar surface area (TPSA) is 71.4 Å². The number of rotatable bonds is 3. The number of carbonyl (C=O) groups excluding carboxylic acids is 3. The molecule has 2 heterocycles. The molecule has 1 aliphatic heterocycles. The van der Waals surface area contributed by atoms with E-state index in [0.717, 1.165) is 11.4 Å². The van der Waals surface area contributed by atoms with Crippen LogP contribution in [0.1, 0.15) is 34.6 Å². The van der Waals surface area contributed by atoms with E-state index in [1.807, 2.05) is 38.1 Å². The van der Waals surface area contributed by atoms with Gasteiger partial charge in [0.15, 0.2) is 0 Å². The maximum atomic E-state index is 12.6. The van der Waals surface area contributed by atoms with Crippen molar-refractivity contribution >= 4 is 23.4 Å². The van der Waals surface area contributed by atoms with Gasteiger partial charge in [0, 0.05) is 17.0 Å². The fourth-order valence-corrected chi connectivity index (χ4v) is 3.83. The van der Waals surface area contributed by atoms with Crippen LogP contribution in [-0.2, 0) is 9.59 Å². The number of anilines is 1. The van der Waals surface area contributed by atoms with Crippen molar-refractivity contribution < 1.29 is 14.4 Å². The summed E-state index contributed by atoms with van der Waals surface area (Å²) in [5.41, 5.74) is 5.69. The van der Waals surface area contributed by atoms with Gasteiger partial charge in [-0.15, -0.1) is 0 Å². The van der Waals surface area contributed by atoms with Crippen molar-refractivity contribution in [1.82, 2.24) is 4.68 Å². The number of aryl methyl sites for hydroxylation is 2. The number of nitrogens with one attached hydrogen (secondary N) is 1. The van der Waals surface area contributed by atoms with E-state index in [1.54, 1.807) is 28.9 Å². The van der Waals surface area contributed by atoms with Crippen molar-refractivity contribution in [2.75, 3.05) is 10.3 Å². The average Bonchev–Trinajstić information content (AvgIpc) is 3.13. The van der Waals surface area contributed by atoms with Crippen molar-refractivity contribution in [2.45, 2.75) is 26.7 Å². The summed E-state index contributed by atoms with van der Waals surface area (Å²) < 4.78 is 1.72. The van der Waals surface area contributed by atoms with Gasteiger partial charge in [-0.05, 0) is 63.1 Å². The first-order valence-electron chi connectivity index (χ1n) is 9.06. The highest BCUT2D eigenvalue weighted by atomic mass is 16.2. The summed E-state index contributed by atoms with van der Waals surface area (Å²) in [6, 6.07) is 10.4. The first kappa shape index (κ1) is 17.3. The van der Waals surface area contributed by atoms with Gasteiger partial charge in [-0.3, -0.25) is 29.4 Å². The first-order chi connectivity index (χ1) is 13.0. The predicted molar refractivity (Wildman–Crippen MR) is 102 cm³/mol. The van der Waals surface area contributed by atoms with Gasteiger partial charge < -0.3 is 0 Å². The van der Waals surface area contributed by atoms with Crippen LogP contribution in [0.2, 0.25) is 0 Å². The Morgan fingerprint density at radius 2 is 1.41 bits per heavy atom. The van der Waals surface area contributed by atoms with E-state index >= 15 is 0 Å². The van der Waals surface area contributed by atoms with Crippen LogP contribution in [0.3, 0.4) is 0 Å². The van der Waals surface area contributed by atoms with Crippen molar-refractivity contribution in [2.24, 2.45) is 11.8 Å². The van der Waals surface area contributed by atoms with Gasteiger partial charge in [-0.1, -0.05) is 12.2 Å². The number of allylic oxidation sites excluding steroid dienone is 2.